The predicted molar refractivity (Wildman–Crippen MR) is 231 cm³/mol. The molecular formula is C50H27N3OS. The number of aromatic nitrogens is 3. The molecule has 4 nitrogen and oxygen atoms in total. The summed E-state index contributed by atoms with van der Waals surface area (Å²) in [6.45, 7) is 0. The summed E-state index contributed by atoms with van der Waals surface area (Å²) < 4.78 is 11.6. The zero-order valence-corrected chi connectivity index (χ0v) is 30.1. The highest BCUT2D eigenvalue weighted by Crippen LogP contribution is 2.47. The van der Waals surface area contributed by atoms with Crippen molar-refractivity contribution in [2.24, 2.45) is 0 Å². The molecule has 5 heteroatoms. The standard InChI is InChI=1S/C50H27N3OS/c1-2-14-31-28(10-1)11-5-18-34(31)47-49-48(36-15-3-4-21-40(36)54-49)52-50(51-47)35-19-8-17-33-32(35)16-9-20-37(33)53-38-26-24-29-12-6-22-41-43(29)45(38)46-39(53)27-25-30-13-7-23-42(55-41)44(30)46/h1-27H. The summed E-state index contributed by atoms with van der Waals surface area (Å²) >= 11 is 1.89. The largest absolute Gasteiger partial charge is 0.452 e. The number of fused-ring (bicyclic) bond motifs is 5. The summed E-state index contributed by atoms with van der Waals surface area (Å²) in [6.07, 6.45) is 0. The third-order valence-electron chi connectivity index (χ3n) is 11.6. The van der Waals surface area contributed by atoms with Crippen molar-refractivity contribution in [1.82, 2.24) is 14.5 Å². The van der Waals surface area contributed by atoms with Gasteiger partial charge < -0.3 is 8.98 Å². The molecule has 0 unspecified atom stereocenters. The van der Waals surface area contributed by atoms with E-state index in [1.54, 1.807) is 0 Å². The molecule has 0 saturated carbocycles. The van der Waals surface area contributed by atoms with Gasteiger partial charge >= 0.3 is 0 Å². The highest BCUT2D eigenvalue weighted by molar-refractivity contribution is 7.24. The van der Waals surface area contributed by atoms with E-state index in [2.05, 4.69) is 150 Å². The molecule has 55 heavy (non-hydrogen) atoms. The monoisotopic (exact) mass is 717 g/mol. The average molecular weight is 718 g/mol. The molecule has 4 heterocycles. The molecule has 0 fully saturated rings. The molecular weight excluding hydrogens is 691 g/mol. The molecule has 0 atom stereocenters. The maximum Gasteiger partial charge on any atom is 0.180 e. The van der Waals surface area contributed by atoms with Crippen LogP contribution in [0.3, 0.4) is 0 Å². The second kappa shape index (κ2) is 10.8. The maximum atomic E-state index is 6.56. The molecule has 0 saturated heterocycles. The summed E-state index contributed by atoms with van der Waals surface area (Å²) in [5.74, 6) is 0.671. The van der Waals surface area contributed by atoms with Crippen LogP contribution in [-0.2, 0) is 0 Å². The number of para-hydroxylation sites is 1. The third-order valence-corrected chi connectivity index (χ3v) is 12.7. The van der Waals surface area contributed by atoms with E-state index in [1.807, 2.05) is 29.5 Å². The number of furan rings is 1. The van der Waals surface area contributed by atoms with Crippen LogP contribution in [0, 0.1) is 0 Å². The van der Waals surface area contributed by atoms with E-state index in [0.717, 1.165) is 60.5 Å². The Morgan fingerprint density at radius 1 is 0.436 bits per heavy atom. The molecule has 0 bridgehead atoms. The molecule has 0 N–H and O–H groups in total. The highest BCUT2D eigenvalue weighted by atomic mass is 32.1. The van der Waals surface area contributed by atoms with Crippen LogP contribution in [0.25, 0.3) is 125 Å². The minimum absolute atomic E-state index is 0.671. The van der Waals surface area contributed by atoms with Gasteiger partial charge in [0.2, 0.25) is 0 Å². The number of benzene rings is 9. The van der Waals surface area contributed by atoms with Gasteiger partial charge in [-0.2, -0.15) is 0 Å². The number of hydrogen-bond acceptors (Lipinski definition) is 4. The number of nitrogens with zero attached hydrogens (tertiary/aromatic N) is 3. The van der Waals surface area contributed by atoms with Crippen molar-refractivity contribution >= 4 is 108 Å². The first kappa shape index (κ1) is 29.4. The fourth-order valence-electron chi connectivity index (χ4n) is 9.24. The lowest BCUT2D eigenvalue weighted by molar-refractivity contribution is 0.667. The van der Waals surface area contributed by atoms with E-state index < -0.39 is 0 Å². The molecule has 0 spiro atoms. The van der Waals surface area contributed by atoms with Gasteiger partial charge in [0.1, 0.15) is 16.8 Å². The molecule has 0 aliphatic carbocycles. The summed E-state index contributed by atoms with van der Waals surface area (Å²) in [4.78, 5) is 10.7. The van der Waals surface area contributed by atoms with Crippen LogP contribution in [0.2, 0.25) is 0 Å². The Balaban J connectivity index is 1.13. The SMILES string of the molecule is c1ccc2c(-c3nc(-c4cccc5c(-n6c7ccc8cccc9sc%10cccc%11ccc6c(c%11%10)c7c89)cccc45)nc4c3oc3ccccc34)cccc2c1. The molecule has 0 amide bonds. The van der Waals surface area contributed by atoms with Crippen molar-refractivity contribution in [3.63, 3.8) is 0 Å². The molecule has 0 aliphatic rings. The Morgan fingerprint density at radius 2 is 1.04 bits per heavy atom. The molecule has 0 radical (unpaired) electrons. The first-order valence-electron chi connectivity index (χ1n) is 18.6. The Kier molecular flexibility index (Phi) is 5.74. The lowest BCUT2D eigenvalue weighted by Gasteiger charge is -2.15. The normalized spacial score (nSPS) is 12.4. The summed E-state index contributed by atoms with van der Waals surface area (Å²) in [7, 11) is 0. The molecule has 4 aromatic heterocycles. The topological polar surface area (TPSA) is 43.9 Å². The van der Waals surface area contributed by atoms with Gasteiger partial charge in [-0.25, -0.2) is 9.97 Å². The van der Waals surface area contributed by atoms with E-state index in [4.69, 9.17) is 14.4 Å². The van der Waals surface area contributed by atoms with Crippen LogP contribution in [0.4, 0.5) is 0 Å². The number of rotatable bonds is 3. The van der Waals surface area contributed by atoms with E-state index in [0.29, 0.717) is 11.4 Å². The molecule has 13 rings (SSSR count). The first-order valence-corrected chi connectivity index (χ1v) is 19.4. The molecule has 0 aliphatic heterocycles. The minimum Gasteiger partial charge on any atom is -0.452 e. The smallest absolute Gasteiger partial charge is 0.180 e. The Morgan fingerprint density at radius 3 is 1.84 bits per heavy atom. The summed E-state index contributed by atoms with van der Waals surface area (Å²) in [5, 5.41) is 13.3. The molecule has 254 valence electrons. The minimum atomic E-state index is 0.671. The Labute approximate surface area is 317 Å². The van der Waals surface area contributed by atoms with Crippen molar-refractivity contribution in [2.75, 3.05) is 0 Å². The van der Waals surface area contributed by atoms with Gasteiger partial charge in [-0.05, 0) is 69.4 Å². The van der Waals surface area contributed by atoms with Crippen molar-refractivity contribution < 1.29 is 4.42 Å². The van der Waals surface area contributed by atoms with Gasteiger partial charge in [-0.3, -0.25) is 0 Å². The van der Waals surface area contributed by atoms with Gasteiger partial charge in [-0.1, -0.05) is 121 Å². The van der Waals surface area contributed by atoms with Crippen LogP contribution in [0.1, 0.15) is 0 Å². The second-order valence-corrected chi connectivity index (χ2v) is 15.5. The highest BCUT2D eigenvalue weighted by Gasteiger charge is 2.23. The van der Waals surface area contributed by atoms with Gasteiger partial charge in [-0.15, -0.1) is 11.3 Å². The van der Waals surface area contributed by atoms with Crippen molar-refractivity contribution in [3.05, 3.63) is 164 Å². The average Bonchev–Trinajstić information content (AvgIpc) is 3.74. The summed E-state index contributed by atoms with van der Waals surface area (Å²) in [5.41, 5.74) is 8.65. The van der Waals surface area contributed by atoms with E-state index in [-0.39, 0.29) is 0 Å². The lowest BCUT2D eigenvalue weighted by Crippen LogP contribution is -1.98. The lowest BCUT2D eigenvalue weighted by atomic mass is 10.00. The van der Waals surface area contributed by atoms with Crippen molar-refractivity contribution in [3.8, 4) is 28.3 Å². The van der Waals surface area contributed by atoms with Crippen LogP contribution < -0.4 is 0 Å². The first-order chi connectivity index (χ1) is 27.3. The Hall–Kier alpha value is -7.08. The molecule has 13 aromatic rings. The van der Waals surface area contributed by atoms with Crippen molar-refractivity contribution in [1.29, 1.82) is 0 Å². The zero-order valence-electron chi connectivity index (χ0n) is 29.2. The van der Waals surface area contributed by atoms with Crippen LogP contribution in [0.5, 0.6) is 0 Å². The maximum absolute atomic E-state index is 6.56. The third kappa shape index (κ3) is 3.94. The predicted octanol–water partition coefficient (Wildman–Crippen LogP) is 14.1. The number of hydrogen-bond donors (Lipinski definition) is 0. The quantitative estimate of drug-likeness (QED) is 0.183. The second-order valence-electron chi connectivity index (χ2n) is 14.4. The van der Waals surface area contributed by atoms with Gasteiger partial charge in [0.05, 0.1) is 16.7 Å². The zero-order chi connectivity index (χ0) is 35.8. The van der Waals surface area contributed by atoms with Crippen LogP contribution in [-0.4, -0.2) is 14.5 Å². The van der Waals surface area contributed by atoms with Crippen LogP contribution >= 0.6 is 11.3 Å². The van der Waals surface area contributed by atoms with Gasteiger partial charge in [0, 0.05) is 52.8 Å². The fraction of sp³-hybridized carbons (Fsp3) is 0. The van der Waals surface area contributed by atoms with Gasteiger partial charge in [0.25, 0.3) is 0 Å². The Bertz CT molecular complexity index is 3630. The van der Waals surface area contributed by atoms with Gasteiger partial charge in [0.15, 0.2) is 11.4 Å². The molecule has 9 aromatic carbocycles. The van der Waals surface area contributed by atoms with Crippen molar-refractivity contribution in [2.45, 2.75) is 0 Å². The van der Waals surface area contributed by atoms with E-state index >= 15 is 0 Å². The van der Waals surface area contributed by atoms with E-state index in [1.165, 1.54) is 52.8 Å². The van der Waals surface area contributed by atoms with E-state index in [9.17, 15) is 0 Å². The van der Waals surface area contributed by atoms with Crippen LogP contribution in [0.15, 0.2) is 168 Å². The fourth-order valence-corrected chi connectivity index (χ4v) is 10.4. The summed E-state index contributed by atoms with van der Waals surface area (Å²) in [6, 6.07) is 58.8.